The summed E-state index contributed by atoms with van der Waals surface area (Å²) in [7, 11) is 1.49. The van der Waals surface area contributed by atoms with Crippen LogP contribution < -0.4 is 5.32 Å². The Morgan fingerprint density at radius 3 is 1.25 bits per heavy atom. The van der Waals surface area contributed by atoms with Crippen LogP contribution in [0.1, 0.15) is 278 Å². The molecule has 3 atom stereocenters. The first kappa shape index (κ1) is 74.2. The van der Waals surface area contributed by atoms with Gasteiger partial charge in [-0.25, -0.2) is 4.57 Å². The molecule has 0 aromatic rings. The van der Waals surface area contributed by atoms with Crippen molar-refractivity contribution in [3.8, 4) is 0 Å². The standard InChI is InChI=1S/C67H121N2O7P/c1-7-10-13-16-19-22-25-27-28-29-30-31-32-33-34-35-36-37-38-39-40-42-45-48-51-54-57-60-67(71)76-65(58-55-52-49-46-44-41-26-23-20-17-14-11-8-2)64(63-75-77(72,73)74-62-61-69(4,5)6)68-66(70)59-56-53-50-47-43-24-21-18-15-12-9-3/h10,13,19,22,27-28,30-31,33-34,36-37,55,58,64-65H,7-9,11-12,14-18,20-21,23-26,29,32,35,38-54,56-57,59-63H2,1-6H3,(H-,68,70,72,73)/p+1/b13-10-,22-19-,28-27-,31-30-,34-33-,37-36-,58-55-. The van der Waals surface area contributed by atoms with E-state index in [4.69, 9.17) is 13.8 Å². The molecule has 0 aliphatic rings. The summed E-state index contributed by atoms with van der Waals surface area (Å²) < 4.78 is 30.7. The largest absolute Gasteiger partial charge is 0.472 e. The summed E-state index contributed by atoms with van der Waals surface area (Å²) in [6, 6.07) is -0.852. The van der Waals surface area contributed by atoms with Crippen molar-refractivity contribution in [2.24, 2.45) is 0 Å². The predicted octanol–water partition coefficient (Wildman–Crippen LogP) is 19.8. The molecule has 0 aliphatic heterocycles. The van der Waals surface area contributed by atoms with Gasteiger partial charge >= 0.3 is 13.8 Å². The fraction of sp³-hybridized carbons (Fsp3) is 0.761. The molecular formula is C67H122N2O7P+. The normalized spacial score (nSPS) is 14.2. The van der Waals surface area contributed by atoms with Crippen LogP contribution in [0.2, 0.25) is 0 Å². The maximum atomic E-state index is 13.5. The van der Waals surface area contributed by atoms with Gasteiger partial charge in [0.25, 0.3) is 0 Å². The molecule has 0 heterocycles. The monoisotopic (exact) mass is 1100 g/mol. The third-order valence-electron chi connectivity index (χ3n) is 13.8. The second kappa shape index (κ2) is 56.5. The highest BCUT2D eigenvalue weighted by atomic mass is 31.2. The van der Waals surface area contributed by atoms with Crippen molar-refractivity contribution in [3.05, 3.63) is 85.1 Å². The smallest absolute Gasteiger partial charge is 0.456 e. The number of carbonyl (C=O) groups is 2. The van der Waals surface area contributed by atoms with Crippen molar-refractivity contribution in [1.82, 2.24) is 5.32 Å². The third kappa shape index (κ3) is 57.7. The minimum atomic E-state index is -4.45. The molecule has 0 aliphatic carbocycles. The second-order valence-electron chi connectivity index (χ2n) is 22.6. The van der Waals surface area contributed by atoms with Crippen molar-refractivity contribution >= 4 is 19.7 Å². The van der Waals surface area contributed by atoms with E-state index in [1.165, 1.54) is 135 Å². The number of nitrogens with zero attached hydrogens (tertiary/aromatic N) is 1. The van der Waals surface area contributed by atoms with E-state index in [2.05, 4.69) is 99.0 Å². The summed E-state index contributed by atoms with van der Waals surface area (Å²) >= 11 is 0. The molecule has 0 radical (unpaired) electrons. The molecule has 9 nitrogen and oxygen atoms in total. The predicted molar refractivity (Wildman–Crippen MR) is 332 cm³/mol. The zero-order valence-corrected chi connectivity index (χ0v) is 51.8. The van der Waals surface area contributed by atoms with Crippen LogP contribution in [0.5, 0.6) is 0 Å². The fourth-order valence-electron chi connectivity index (χ4n) is 8.94. The number of phosphoric ester groups is 1. The summed E-state index contributed by atoms with van der Waals surface area (Å²) in [6.07, 6.45) is 74.4. The van der Waals surface area contributed by atoms with E-state index >= 15 is 0 Å². The Kier molecular flexibility index (Phi) is 54.4. The van der Waals surface area contributed by atoms with Crippen LogP contribution in [0.3, 0.4) is 0 Å². The Bertz CT molecular complexity index is 1590. The SMILES string of the molecule is CC/C=C\C/C=C\C/C=C\C/C=C\C/C=C\C/C=C\CCCCCCCCCCC(=O)OC(/C=C\CCCCCCCCCCCCC)C(COP(=O)(O)OCC[N+](C)(C)C)NC(=O)CCCCCCCCCCCCC. The van der Waals surface area contributed by atoms with Gasteiger partial charge in [0.05, 0.1) is 33.8 Å². The fourth-order valence-corrected chi connectivity index (χ4v) is 9.68. The number of likely N-dealkylation sites (N-methyl/N-ethyl adjacent to an activating group) is 1. The Morgan fingerprint density at radius 1 is 0.468 bits per heavy atom. The zero-order chi connectivity index (χ0) is 56.4. The van der Waals surface area contributed by atoms with E-state index < -0.39 is 20.0 Å². The maximum absolute atomic E-state index is 13.5. The first-order valence-corrected chi connectivity index (χ1v) is 33.4. The number of carbonyl (C=O) groups excluding carboxylic acids is 2. The molecule has 10 heteroatoms. The molecule has 0 bridgehead atoms. The minimum Gasteiger partial charge on any atom is -0.456 e. The number of quaternary nitrogens is 1. The Labute approximate surface area is 476 Å². The first-order chi connectivity index (χ1) is 37.4. The average molecular weight is 1100 g/mol. The molecule has 0 fully saturated rings. The van der Waals surface area contributed by atoms with E-state index in [-0.39, 0.29) is 31.5 Å². The van der Waals surface area contributed by atoms with Gasteiger partial charge in [-0.1, -0.05) is 267 Å². The number of ether oxygens (including phenoxy) is 1. The topological polar surface area (TPSA) is 111 Å². The van der Waals surface area contributed by atoms with Gasteiger partial charge in [0.2, 0.25) is 5.91 Å². The van der Waals surface area contributed by atoms with Gasteiger partial charge in [0.1, 0.15) is 19.3 Å². The Hall–Kier alpha value is -2.81. The first-order valence-electron chi connectivity index (χ1n) is 31.9. The molecule has 0 aromatic carbocycles. The highest BCUT2D eigenvalue weighted by molar-refractivity contribution is 7.47. The van der Waals surface area contributed by atoms with Crippen molar-refractivity contribution in [3.63, 3.8) is 0 Å². The third-order valence-corrected chi connectivity index (χ3v) is 14.8. The number of nitrogens with one attached hydrogen (secondary N) is 1. The van der Waals surface area contributed by atoms with Crippen LogP contribution in [0, 0.1) is 0 Å². The van der Waals surface area contributed by atoms with Gasteiger partial charge in [0, 0.05) is 12.8 Å². The number of amides is 1. The van der Waals surface area contributed by atoms with E-state index in [0.717, 1.165) is 109 Å². The Balaban J connectivity index is 5.11. The van der Waals surface area contributed by atoms with Crippen LogP contribution >= 0.6 is 7.82 Å². The van der Waals surface area contributed by atoms with Crippen molar-refractivity contribution in [2.45, 2.75) is 290 Å². The van der Waals surface area contributed by atoms with Crippen LogP contribution in [0.4, 0.5) is 0 Å². The van der Waals surface area contributed by atoms with E-state index in [9.17, 15) is 19.0 Å². The summed E-state index contributed by atoms with van der Waals surface area (Å²) in [4.78, 5) is 37.7. The van der Waals surface area contributed by atoms with E-state index in [0.29, 0.717) is 17.4 Å². The molecule has 77 heavy (non-hydrogen) atoms. The molecule has 1 amide bonds. The summed E-state index contributed by atoms with van der Waals surface area (Å²) in [5.41, 5.74) is 0. The van der Waals surface area contributed by atoms with Crippen LogP contribution in [-0.4, -0.2) is 74.3 Å². The van der Waals surface area contributed by atoms with Crippen molar-refractivity contribution < 1.29 is 37.3 Å². The van der Waals surface area contributed by atoms with Crippen LogP contribution in [0.15, 0.2) is 85.1 Å². The van der Waals surface area contributed by atoms with Gasteiger partial charge in [0.15, 0.2) is 0 Å². The lowest BCUT2D eigenvalue weighted by Gasteiger charge is -2.27. The number of esters is 1. The van der Waals surface area contributed by atoms with Crippen molar-refractivity contribution in [1.29, 1.82) is 0 Å². The van der Waals surface area contributed by atoms with E-state index in [1.54, 1.807) is 0 Å². The van der Waals surface area contributed by atoms with Crippen LogP contribution in [-0.2, 0) is 27.9 Å². The number of phosphoric acid groups is 1. The molecular weight excluding hydrogens is 976 g/mol. The van der Waals surface area contributed by atoms with Gasteiger partial charge in [-0.15, -0.1) is 0 Å². The summed E-state index contributed by atoms with van der Waals surface area (Å²) in [5.74, 6) is -0.513. The van der Waals surface area contributed by atoms with Gasteiger partial charge < -0.3 is 19.4 Å². The maximum Gasteiger partial charge on any atom is 0.472 e. The number of hydrogen-bond acceptors (Lipinski definition) is 6. The molecule has 0 saturated carbocycles. The lowest BCUT2D eigenvalue weighted by Crippen LogP contribution is -2.47. The number of hydrogen-bond donors (Lipinski definition) is 2. The second-order valence-corrected chi connectivity index (χ2v) is 24.0. The molecule has 3 unspecified atom stereocenters. The van der Waals surface area contributed by atoms with Gasteiger partial charge in [-0.2, -0.15) is 0 Å². The highest BCUT2D eigenvalue weighted by Crippen LogP contribution is 2.43. The van der Waals surface area contributed by atoms with Crippen molar-refractivity contribution in [2.75, 3.05) is 40.9 Å². The minimum absolute atomic E-state index is 0.0372. The Morgan fingerprint density at radius 2 is 0.831 bits per heavy atom. The highest BCUT2D eigenvalue weighted by Gasteiger charge is 2.30. The number of rotatable bonds is 57. The molecule has 0 spiro atoms. The quantitative estimate of drug-likeness (QED) is 0.0205. The molecule has 0 saturated heterocycles. The lowest BCUT2D eigenvalue weighted by molar-refractivity contribution is -0.870. The molecule has 2 N–H and O–H groups in total. The zero-order valence-electron chi connectivity index (χ0n) is 50.9. The van der Waals surface area contributed by atoms with Crippen LogP contribution in [0.25, 0.3) is 0 Å². The average Bonchev–Trinajstić information content (AvgIpc) is 3.39. The van der Waals surface area contributed by atoms with Gasteiger partial charge in [-0.3, -0.25) is 18.6 Å². The summed E-state index contributed by atoms with van der Waals surface area (Å²) in [5, 5.41) is 3.05. The number of allylic oxidation sites excluding steroid dienone is 13. The lowest BCUT2D eigenvalue weighted by atomic mass is 10.0. The number of unbranched alkanes of at least 4 members (excludes halogenated alkanes) is 29. The molecule has 446 valence electrons. The molecule has 0 aromatic heterocycles. The molecule has 0 rings (SSSR count). The van der Waals surface area contributed by atoms with Gasteiger partial charge in [-0.05, 0) is 83.1 Å². The van der Waals surface area contributed by atoms with E-state index in [1.807, 2.05) is 33.3 Å². The summed E-state index contributed by atoms with van der Waals surface area (Å²) in [6.45, 7) is 6.89.